The highest BCUT2D eigenvalue weighted by Crippen LogP contribution is 2.34. The number of nitrogens with zero attached hydrogens (tertiary/aromatic N) is 2. The molecule has 0 spiro atoms. The number of amides is 1. The number of ether oxygens (including phenoxy) is 2. The van der Waals surface area contributed by atoms with Crippen LogP contribution in [0.5, 0.6) is 17.4 Å². The fourth-order valence-electron chi connectivity index (χ4n) is 3.38. The quantitative estimate of drug-likeness (QED) is 0.475. The number of hydrogen-bond acceptors (Lipinski definition) is 6. The van der Waals surface area contributed by atoms with Crippen LogP contribution >= 0.6 is 0 Å². The van der Waals surface area contributed by atoms with Crippen LogP contribution in [0.25, 0.3) is 11.0 Å². The van der Waals surface area contributed by atoms with E-state index in [-0.39, 0.29) is 0 Å². The van der Waals surface area contributed by atoms with Crippen LogP contribution in [0, 0.1) is 0 Å². The van der Waals surface area contributed by atoms with E-state index in [1.807, 2.05) is 44.2 Å². The summed E-state index contributed by atoms with van der Waals surface area (Å²) in [6, 6.07) is 12.7. The lowest BCUT2D eigenvalue weighted by atomic mass is 9.75. The lowest BCUT2D eigenvalue weighted by Gasteiger charge is -2.29. The van der Waals surface area contributed by atoms with Crippen molar-refractivity contribution in [3.05, 3.63) is 54.2 Å². The zero-order valence-corrected chi connectivity index (χ0v) is 16.1. The number of carbonyl (C=O) groups is 1. The van der Waals surface area contributed by atoms with Gasteiger partial charge in [0.2, 0.25) is 5.88 Å². The molecule has 2 heterocycles. The third-order valence-electron chi connectivity index (χ3n) is 5.12. The van der Waals surface area contributed by atoms with Crippen molar-refractivity contribution in [2.75, 3.05) is 7.11 Å². The Morgan fingerprint density at radius 3 is 2.43 bits per heavy atom. The second-order valence-electron chi connectivity index (χ2n) is 6.39. The number of benzene rings is 1. The molecule has 0 aliphatic carbocycles. The minimum atomic E-state index is -0.781. The topological polar surface area (TPSA) is 93.6 Å². The summed E-state index contributed by atoms with van der Waals surface area (Å²) in [6.07, 6.45) is 2.76. The molecule has 7 nitrogen and oxygen atoms in total. The number of methoxy groups -OCH3 is 1. The normalized spacial score (nSPS) is 11.3. The molecule has 0 atom stereocenters. The van der Waals surface area contributed by atoms with E-state index in [1.165, 1.54) is 0 Å². The summed E-state index contributed by atoms with van der Waals surface area (Å²) < 4.78 is 11.1. The molecular weight excluding hydrogens is 358 g/mol. The lowest BCUT2D eigenvalue weighted by molar-refractivity contribution is -0.135. The van der Waals surface area contributed by atoms with Crippen molar-refractivity contribution in [2.45, 2.75) is 32.1 Å². The van der Waals surface area contributed by atoms with Gasteiger partial charge in [0, 0.05) is 12.3 Å². The number of carbonyl (C=O) groups excluding carboxylic acids is 1. The molecule has 3 rings (SSSR count). The average molecular weight is 381 g/mol. The van der Waals surface area contributed by atoms with E-state index in [0.717, 1.165) is 10.9 Å². The van der Waals surface area contributed by atoms with Crippen LogP contribution in [0.15, 0.2) is 48.7 Å². The molecule has 146 valence electrons. The van der Waals surface area contributed by atoms with Crippen molar-refractivity contribution >= 4 is 16.9 Å². The predicted octanol–water partition coefficient (Wildman–Crippen LogP) is 3.99. The first kappa shape index (κ1) is 19.6. The molecule has 1 amide bonds. The van der Waals surface area contributed by atoms with Crippen molar-refractivity contribution in [2.24, 2.45) is 0 Å². The molecule has 0 fully saturated rings. The number of fused-ring (bicyclic) bond motifs is 1. The molecule has 0 saturated heterocycles. The minimum Gasteiger partial charge on any atom is -0.481 e. The summed E-state index contributed by atoms with van der Waals surface area (Å²) in [5, 5.41) is 9.90. The van der Waals surface area contributed by atoms with Gasteiger partial charge in [0.05, 0.1) is 17.9 Å². The van der Waals surface area contributed by atoms with Crippen LogP contribution in [0.3, 0.4) is 0 Å². The second-order valence-corrected chi connectivity index (χ2v) is 6.39. The first-order chi connectivity index (χ1) is 13.6. The first-order valence-corrected chi connectivity index (χ1v) is 9.10. The monoisotopic (exact) mass is 381 g/mol. The highest BCUT2D eigenvalue weighted by Gasteiger charge is 2.36. The molecule has 2 aromatic heterocycles. The van der Waals surface area contributed by atoms with Crippen LogP contribution in [0.1, 0.15) is 32.3 Å². The molecule has 0 saturated carbocycles. The standard InChI is InChI=1S/C21H23N3O4/c1-4-21(5-2,20(25)24-26)14-6-8-15(9-7-14)28-17-12-13-22-19-16(17)10-11-18(23-19)27-3/h6-13,26H,4-5H2,1-3H3,(H,24,25). The van der Waals surface area contributed by atoms with Crippen molar-refractivity contribution in [1.82, 2.24) is 15.4 Å². The van der Waals surface area contributed by atoms with E-state index in [1.54, 1.807) is 30.9 Å². The molecule has 3 aromatic rings. The fourth-order valence-corrected chi connectivity index (χ4v) is 3.38. The van der Waals surface area contributed by atoms with Gasteiger partial charge in [0.1, 0.15) is 11.5 Å². The van der Waals surface area contributed by atoms with Crippen LogP contribution in [-0.4, -0.2) is 28.2 Å². The Bertz CT molecular complexity index is 969. The van der Waals surface area contributed by atoms with Crippen LogP contribution in [-0.2, 0) is 10.2 Å². The summed E-state index contributed by atoms with van der Waals surface area (Å²) in [5.41, 5.74) is 2.37. The van der Waals surface area contributed by atoms with Crippen LogP contribution < -0.4 is 15.0 Å². The zero-order chi connectivity index (χ0) is 20.1. The van der Waals surface area contributed by atoms with Gasteiger partial charge in [0.15, 0.2) is 5.65 Å². The number of pyridine rings is 2. The first-order valence-electron chi connectivity index (χ1n) is 9.10. The van der Waals surface area contributed by atoms with Crippen molar-refractivity contribution in [1.29, 1.82) is 0 Å². The fraction of sp³-hybridized carbons (Fsp3) is 0.286. The smallest absolute Gasteiger partial charge is 0.253 e. The maximum atomic E-state index is 12.3. The van der Waals surface area contributed by atoms with E-state index < -0.39 is 11.3 Å². The Labute approximate surface area is 163 Å². The zero-order valence-electron chi connectivity index (χ0n) is 16.1. The molecule has 1 aromatic carbocycles. The summed E-state index contributed by atoms with van der Waals surface area (Å²) in [6.45, 7) is 3.85. The van der Waals surface area contributed by atoms with E-state index in [0.29, 0.717) is 35.9 Å². The van der Waals surface area contributed by atoms with Crippen molar-refractivity contribution in [3.63, 3.8) is 0 Å². The van der Waals surface area contributed by atoms with E-state index >= 15 is 0 Å². The van der Waals surface area contributed by atoms with Crippen molar-refractivity contribution in [3.8, 4) is 17.4 Å². The maximum Gasteiger partial charge on any atom is 0.253 e. The predicted molar refractivity (Wildman–Crippen MR) is 105 cm³/mol. The Morgan fingerprint density at radius 2 is 1.82 bits per heavy atom. The third-order valence-corrected chi connectivity index (χ3v) is 5.12. The molecule has 0 bridgehead atoms. The SMILES string of the molecule is CCC(CC)(C(=O)NO)c1ccc(Oc2ccnc3nc(OC)ccc23)cc1. The average Bonchev–Trinajstić information content (AvgIpc) is 2.75. The molecule has 28 heavy (non-hydrogen) atoms. The van der Waals surface area contributed by atoms with Gasteiger partial charge in [-0.3, -0.25) is 10.0 Å². The van der Waals surface area contributed by atoms with Gasteiger partial charge in [-0.25, -0.2) is 10.5 Å². The summed E-state index contributed by atoms with van der Waals surface area (Å²) >= 11 is 0. The Morgan fingerprint density at radius 1 is 1.11 bits per heavy atom. The number of nitrogens with one attached hydrogen (secondary N) is 1. The van der Waals surface area contributed by atoms with Crippen molar-refractivity contribution < 1.29 is 19.5 Å². The van der Waals surface area contributed by atoms with Crippen LogP contribution in [0.2, 0.25) is 0 Å². The molecule has 2 N–H and O–H groups in total. The molecule has 0 aliphatic heterocycles. The Kier molecular flexibility index (Phi) is 5.75. The van der Waals surface area contributed by atoms with Gasteiger partial charge in [-0.1, -0.05) is 26.0 Å². The molecule has 0 aliphatic rings. The number of hydrogen-bond donors (Lipinski definition) is 2. The number of rotatable bonds is 7. The number of aromatic nitrogens is 2. The summed E-state index contributed by atoms with van der Waals surface area (Å²) in [7, 11) is 1.56. The van der Waals surface area contributed by atoms with E-state index in [4.69, 9.17) is 14.7 Å². The molecule has 0 unspecified atom stereocenters. The maximum absolute atomic E-state index is 12.3. The molecular formula is C21H23N3O4. The van der Waals surface area contributed by atoms with Gasteiger partial charge in [-0.05, 0) is 42.7 Å². The third kappa shape index (κ3) is 3.48. The summed E-state index contributed by atoms with van der Waals surface area (Å²) in [4.78, 5) is 20.8. The van der Waals surface area contributed by atoms with Gasteiger partial charge >= 0.3 is 0 Å². The van der Waals surface area contributed by atoms with Gasteiger partial charge in [-0.2, -0.15) is 4.98 Å². The molecule has 7 heteroatoms. The Hall–Kier alpha value is -3.19. The second kappa shape index (κ2) is 8.22. The molecule has 0 radical (unpaired) electrons. The van der Waals surface area contributed by atoms with Gasteiger partial charge in [-0.15, -0.1) is 0 Å². The number of hydroxylamine groups is 1. The van der Waals surface area contributed by atoms with Crippen LogP contribution in [0.4, 0.5) is 0 Å². The highest BCUT2D eigenvalue weighted by molar-refractivity contribution is 5.87. The Balaban J connectivity index is 1.91. The van der Waals surface area contributed by atoms with E-state index in [9.17, 15) is 4.79 Å². The highest BCUT2D eigenvalue weighted by atomic mass is 16.5. The largest absolute Gasteiger partial charge is 0.481 e. The van der Waals surface area contributed by atoms with Gasteiger partial charge in [0.25, 0.3) is 5.91 Å². The minimum absolute atomic E-state index is 0.411. The summed E-state index contributed by atoms with van der Waals surface area (Å²) in [5.74, 6) is 1.32. The lowest BCUT2D eigenvalue weighted by Crippen LogP contribution is -2.42. The van der Waals surface area contributed by atoms with Gasteiger partial charge < -0.3 is 9.47 Å². The van der Waals surface area contributed by atoms with E-state index in [2.05, 4.69) is 9.97 Å².